The molecule has 0 bridgehead atoms. The standard InChI is InChI=1S/C52H38O/c1-31-22-25-39-41-27-24-33(30-49(41)52(47(39)28-31)45-20-10-4-14-36(45)37-15-5-11-21-46(37)52)50(53)32-23-26-40-38-16-6-9-19-44(38)51(48(40)29-32)42-17-7-2-12-34(42)35-13-3-8-18-43(35)51/h2-23,25-26,28-29,33,41,49H,24,27,30H2,1H3. The van der Waals surface area contributed by atoms with Crippen LogP contribution >= 0.6 is 0 Å². The number of Topliss-reactive ketones (excluding diaryl/α,β-unsaturated/α-hetero) is 1. The van der Waals surface area contributed by atoms with Crippen LogP contribution < -0.4 is 0 Å². The van der Waals surface area contributed by atoms with Gasteiger partial charge in [0.05, 0.1) is 10.8 Å². The van der Waals surface area contributed by atoms with Crippen LogP contribution in [0.5, 0.6) is 0 Å². The highest BCUT2D eigenvalue weighted by atomic mass is 16.1. The summed E-state index contributed by atoms with van der Waals surface area (Å²) in [5.41, 5.74) is 20.3. The van der Waals surface area contributed by atoms with E-state index in [-0.39, 0.29) is 11.3 Å². The van der Waals surface area contributed by atoms with Crippen LogP contribution in [0, 0.1) is 18.8 Å². The summed E-state index contributed by atoms with van der Waals surface area (Å²) in [7, 11) is 0. The van der Waals surface area contributed by atoms with E-state index < -0.39 is 5.41 Å². The second-order valence-corrected chi connectivity index (χ2v) is 16.2. The molecule has 0 amide bonds. The normalized spacial score (nSPS) is 20.9. The number of rotatable bonds is 2. The van der Waals surface area contributed by atoms with Crippen LogP contribution in [0.25, 0.3) is 33.4 Å². The van der Waals surface area contributed by atoms with Gasteiger partial charge < -0.3 is 0 Å². The summed E-state index contributed by atoms with van der Waals surface area (Å²) in [6.07, 6.45) is 2.83. The Morgan fingerprint density at radius 3 is 1.55 bits per heavy atom. The van der Waals surface area contributed by atoms with Crippen molar-refractivity contribution < 1.29 is 4.79 Å². The van der Waals surface area contributed by atoms with Crippen molar-refractivity contribution in [2.24, 2.45) is 11.8 Å². The Bertz CT molecular complexity index is 2620. The first-order valence-corrected chi connectivity index (χ1v) is 19.4. The van der Waals surface area contributed by atoms with Crippen molar-refractivity contribution >= 4 is 5.78 Å². The van der Waals surface area contributed by atoms with Crippen LogP contribution in [0.4, 0.5) is 0 Å². The minimum Gasteiger partial charge on any atom is -0.294 e. The Hall–Kier alpha value is -5.79. The lowest BCUT2D eigenvalue weighted by Gasteiger charge is -2.42. The molecule has 2 spiro atoms. The van der Waals surface area contributed by atoms with E-state index >= 15 is 4.79 Å². The van der Waals surface area contributed by atoms with Gasteiger partial charge >= 0.3 is 0 Å². The van der Waals surface area contributed by atoms with Crippen molar-refractivity contribution in [2.75, 3.05) is 0 Å². The minimum absolute atomic E-state index is 0.0376. The molecule has 0 aliphatic heterocycles. The maximum Gasteiger partial charge on any atom is 0.165 e. The van der Waals surface area contributed by atoms with Crippen LogP contribution in [0.2, 0.25) is 0 Å². The SMILES string of the molecule is Cc1ccc2c(c1)C1(c3ccccc3-c3ccccc31)C1CC(C(=O)c3ccc4c(c3)C3(c5ccccc5-c5ccccc53)c3ccccc3-4)CCC21. The predicted molar refractivity (Wildman–Crippen MR) is 214 cm³/mol. The molecule has 1 heteroatoms. The third-order valence-electron chi connectivity index (χ3n) is 14.1. The molecule has 7 aromatic rings. The van der Waals surface area contributed by atoms with E-state index in [2.05, 4.69) is 165 Å². The number of carbonyl (C=O) groups excluding carboxylic acids is 1. The second-order valence-electron chi connectivity index (χ2n) is 16.2. The summed E-state index contributed by atoms with van der Waals surface area (Å²) in [6, 6.07) is 58.8. The largest absolute Gasteiger partial charge is 0.294 e. The molecule has 0 heterocycles. The number of fused-ring (bicyclic) bond motifs is 20. The third-order valence-corrected chi connectivity index (χ3v) is 14.1. The van der Waals surface area contributed by atoms with Crippen LogP contribution in [0.3, 0.4) is 0 Å². The summed E-state index contributed by atoms with van der Waals surface area (Å²) in [5, 5.41) is 0. The highest BCUT2D eigenvalue weighted by Gasteiger charge is 2.59. The first-order valence-electron chi connectivity index (χ1n) is 19.4. The smallest absolute Gasteiger partial charge is 0.165 e. The minimum atomic E-state index is -0.445. The zero-order chi connectivity index (χ0) is 35.1. The number of carbonyl (C=O) groups is 1. The quantitative estimate of drug-likeness (QED) is 0.166. The van der Waals surface area contributed by atoms with Crippen LogP contribution in [-0.4, -0.2) is 5.78 Å². The van der Waals surface area contributed by atoms with Crippen LogP contribution in [-0.2, 0) is 10.8 Å². The fourth-order valence-corrected chi connectivity index (χ4v) is 12.2. The van der Waals surface area contributed by atoms with E-state index in [1.165, 1.54) is 83.5 Å². The van der Waals surface area contributed by atoms with E-state index in [1.54, 1.807) is 0 Å². The molecule has 0 radical (unpaired) electrons. The van der Waals surface area contributed by atoms with E-state index in [0.29, 0.717) is 17.6 Å². The zero-order valence-electron chi connectivity index (χ0n) is 29.8. The molecule has 5 aliphatic carbocycles. The maximum atomic E-state index is 15.2. The van der Waals surface area contributed by atoms with Gasteiger partial charge in [-0.05, 0) is 122 Å². The Labute approximate surface area is 311 Å². The molecule has 252 valence electrons. The lowest BCUT2D eigenvalue weighted by Crippen LogP contribution is -2.38. The number of aryl methyl sites for hydroxylation is 1. The molecule has 12 rings (SSSR count). The summed E-state index contributed by atoms with van der Waals surface area (Å²) >= 11 is 0. The summed E-state index contributed by atoms with van der Waals surface area (Å²) in [5.74, 6) is 1.01. The van der Waals surface area contributed by atoms with Gasteiger partial charge in [-0.3, -0.25) is 4.79 Å². The molecule has 5 aliphatic rings. The Morgan fingerprint density at radius 2 is 0.981 bits per heavy atom. The molecule has 0 aromatic heterocycles. The number of ketones is 1. The van der Waals surface area contributed by atoms with Gasteiger partial charge in [0, 0.05) is 11.5 Å². The summed E-state index contributed by atoms with van der Waals surface area (Å²) < 4.78 is 0. The Balaban J connectivity index is 1.01. The molecule has 1 saturated carbocycles. The highest BCUT2D eigenvalue weighted by Crippen LogP contribution is 2.68. The van der Waals surface area contributed by atoms with Crippen molar-refractivity contribution in [2.45, 2.75) is 42.9 Å². The molecule has 7 aromatic carbocycles. The van der Waals surface area contributed by atoms with E-state index in [0.717, 1.165) is 24.8 Å². The van der Waals surface area contributed by atoms with E-state index in [1.807, 2.05) is 0 Å². The van der Waals surface area contributed by atoms with Gasteiger partial charge in [0.2, 0.25) is 0 Å². The van der Waals surface area contributed by atoms with Gasteiger partial charge in [-0.25, -0.2) is 0 Å². The van der Waals surface area contributed by atoms with Crippen LogP contribution in [0.15, 0.2) is 158 Å². The third kappa shape index (κ3) is 3.52. The topological polar surface area (TPSA) is 17.1 Å². The Kier molecular flexibility index (Phi) is 5.85. The zero-order valence-corrected chi connectivity index (χ0v) is 29.8. The molecular formula is C52H38O. The van der Waals surface area contributed by atoms with Gasteiger partial charge in [-0.1, -0.05) is 157 Å². The van der Waals surface area contributed by atoms with Gasteiger partial charge in [-0.15, -0.1) is 0 Å². The first kappa shape index (κ1) is 29.8. The molecule has 3 atom stereocenters. The molecule has 1 nitrogen and oxygen atoms in total. The number of hydrogen-bond donors (Lipinski definition) is 0. The molecule has 0 saturated heterocycles. The van der Waals surface area contributed by atoms with Crippen LogP contribution in [0.1, 0.15) is 85.6 Å². The average Bonchev–Trinajstić information content (AvgIpc) is 3.89. The molecule has 3 unspecified atom stereocenters. The van der Waals surface area contributed by atoms with Crippen molar-refractivity contribution in [3.8, 4) is 33.4 Å². The van der Waals surface area contributed by atoms with Crippen molar-refractivity contribution in [3.63, 3.8) is 0 Å². The molecule has 0 N–H and O–H groups in total. The average molecular weight is 679 g/mol. The van der Waals surface area contributed by atoms with Gasteiger partial charge in [0.15, 0.2) is 5.78 Å². The number of hydrogen-bond acceptors (Lipinski definition) is 1. The molecule has 1 fully saturated rings. The predicted octanol–water partition coefficient (Wildman–Crippen LogP) is 12.0. The fraction of sp³-hybridized carbons (Fsp3) is 0.173. The Morgan fingerprint density at radius 1 is 0.491 bits per heavy atom. The van der Waals surface area contributed by atoms with Gasteiger partial charge in [0.25, 0.3) is 0 Å². The van der Waals surface area contributed by atoms with Crippen molar-refractivity contribution in [1.82, 2.24) is 0 Å². The lowest BCUT2D eigenvalue weighted by molar-refractivity contribution is 0.0836. The van der Waals surface area contributed by atoms with Gasteiger partial charge in [-0.2, -0.15) is 0 Å². The first-order chi connectivity index (χ1) is 26.1. The fourth-order valence-electron chi connectivity index (χ4n) is 12.2. The second kappa shape index (κ2) is 10.4. The van der Waals surface area contributed by atoms with Crippen molar-refractivity contribution in [3.05, 3.63) is 213 Å². The lowest BCUT2D eigenvalue weighted by atomic mass is 9.60. The van der Waals surface area contributed by atoms with Crippen molar-refractivity contribution in [1.29, 1.82) is 0 Å². The molecular weight excluding hydrogens is 641 g/mol. The van der Waals surface area contributed by atoms with Gasteiger partial charge in [0.1, 0.15) is 0 Å². The summed E-state index contributed by atoms with van der Waals surface area (Å²) in [4.78, 5) is 15.2. The summed E-state index contributed by atoms with van der Waals surface area (Å²) in [6.45, 7) is 2.23. The molecule has 53 heavy (non-hydrogen) atoms. The monoisotopic (exact) mass is 678 g/mol. The van der Waals surface area contributed by atoms with E-state index in [9.17, 15) is 0 Å². The number of benzene rings is 7. The van der Waals surface area contributed by atoms with E-state index in [4.69, 9.17) is 0 Å². The maximum absolute atomic E-state index is 15.2. The highest BCUT2D eigenvalue weighted by molar-refractivity contribution is 6.01.